The molecule has 9 nitrogen and oxygen atoms in total. The third-order valence-corrected chi connectivity index (χ3v) is 6.41. The Morgan fingerprint density at radius 2 is 2.19 bits per heavy atom. The highest BCUT2D eigenvalue weighted by Crippen LogP contribution is 2.29. The monoisotopic (exact) mass is 393 g/mol. The fourth-order valence-corrected chi connectivity index (χ4v) is 4.75. The largest absolute Gasteiger partial charge is 0.467 e. The molecule has 144 valence electrons. The second kappa shape index (κ2) is 7.49. The summed E-state index contributed by atoms with van der Waals surface area (Å²) in [7, 11) is -4.03. The van der Waals surface area contributed by atoms with E-state index in [1.54, 1.807) is 12.1 Å². The molecule has 2 aromatic rings. The van der Waals surface area contributed by atoms with Crippen LogP contribution in [0.15, 0.2) is 45.9 Å². The van der Waals surface area contributed by atoms with E-state index in [1.165, 1.54) is 25.3 Å². The number of furan rings is 1. The van der Waals surface area contributed by atoms with Gasteiger partial charge in [0.1, 0.15) is 11.8 Å². The maximum absolute atomic E-state index is 13.0. The summed E-state index contributed by atoms with van der Waals surface area (Å²) < 4.78 is 32.2. The number of carbonyl (C=O) groups excluding carboxylic acids is 1. The quantitative estimate of drug-likeness (QED) is 0.591. The molecule has 27 heavy (non-hydrogen) atoms. The van der Waals surface area contributed by atoms with Gasteiger partial charge in [-0.2, -0.15) is 4.31 Å². The predicted molar refractivity (Wildman–Crippen MR) is 95.3 cm³/mol. The van der Waals surface area contributed by atoms with Crippen molar-refractivity contribution in [2.75, 3.05) is 6.54 Å². The molecule has 1 aliphatic rings. The van der Waals surface area contributed by atoms with E-state index in [2.05, 4.69) is 5.32 Å². The van der Waals surface area contributed by atoms with E-state index in [9.17, 15) is 23.3 Å². The van der Waals surface area contributed by atoms with E-state index in [4.69, 9.17) is 4.42 Å². The van der Waals surface area contributed by atoms with E-state index in [0.29, 0.717) is 24.2 Å². The number of hydrogen-bond acceptors (Lipinski definition) is 6. The number of sulfonamides is 1. The van der Waals surface area contributed by atoms with Gasteiger partial charge in [0.25, 0.3) is 5.69 Å². The van der Waals surface area contributed by atoms with Crippen molar-refractivity contribution in [3.8, 4) is 0 Å². The van der Waals surface area contributed by atoms with Crippen LogP contribution in [-0.2, 0) is 21.4 Å². The second-order valence-electron chi connectivity index (χ2n) is 6.28. The Labute approximate surface area is 156 Å². The van der Waals surface area contributed by atoms with Crippen molar-refractivity contribution in [3.63, 3.8) is 0 Å². The van der Waals surface area contributed by atoms with Gasteiger partial charge < -0.3 is 9.73 Å². The molecule has 0 spiro atoms. The minimum Gasteiger partial charge on any atom is -0.467 e. The molecule has 1 atom stereocenters. The third kappa shape index (κ3) is 3.86. The summed E-state index contributed by atoms with van der Waals surface area (Å²) in [5.41, 5.74) is 0.0993. The minimum atomic E-state index is -4.03. The Bertz CT molecular complexity index is 955. The first-order chi connectivity index (χ1) is 12.8. The number of nitrogens with one attached hydrogen (secondary N) is 1. The van der Waals surface area contributed by atoms with Gasteiger partial charge in [-0.1, -0.05) is 6.07 Å². The number of carbonyl (C=O) groups is 1. The summed E-state index contributed by atoms with van der Waals surface area (Å²) in [4.78, 5) is 22.8. The smallest absolute Gasteiger partial charge is 0.273 e. The molecule has 0 aliphatic carbocycles. The van der Waals surface area contributed by atoms with Crippen LogP contribution < -0.4 is 5.32 Å². The van der Waals surface area contributed by atoms with Gasteiger partial charge in [-0.15, -0.1) is 0 Å². The molecule has 0 bridgehead atoms. The molecule has 1 aliphatic heterocycles. The van der Waals surface area contributed by atoms with Gasteiger partial charge in [-0.05, 0) is 38.0 Å². The molecule has 10 heteroatoms. The number of nitrogens with zero attached hydrogens (tertiary/aromatic N) is 2. The summed E-state index contributed by atoms with van der Waals surface area (Å²) >= 11 is 0. The zero-order chi connectivity index (χ0) is 19.6. The van der Waals surface area contributed by atoms with E-state index in [1.807, 2.05) is 0 Å². The summed E-state index contributed by atoms with van der Waals surface area (Å²) in [5, 5.41) is 13.8. The standard InChI is InChI=1S/C17H19N3O6S/c1-12-6-7-14(10-16(12)20(22)23)27(24,25)19-8-2-5-15(19)17(21)18-11-13-4-3-9-26-13/h3-4,6-7,9-10,15H,2,5,8,11H2,1H3,(H,18,21). The van der Waals surface area contributed by atoms with Crippen molar-refractivity contribution >= 4 is 21.6 Å². The summed E-state index contributed by atoms with van der Waals surface area (Å²) in [6.07, 6.45) is 2.40. The molecule has 1 unspecified atom stereocenters. The molecule has 2 heterocycles. The minimum absolute atomic E-state index is 0.159. The van der Waals surface area contributed by atoms with Crippen LogP contribution >= 0.6 is 0 Å². The molecule has 1 fully saturated rings. The van der Waals surface area contributed by atoms with Gasteiger partial charge in [0.15, 0.2) is 0 Å². The van der Waals surface area contributed by atoms with Gasteiger partial charge >= 0.3 is 0 Å². The van der Waals surface area contributed by atoms with Crippen LogP contribution in [0, 0.1) is 17.0 Å². The first kappa shape index (κ1) is 19.1. The zero-order valence-electron chi connectivity index (χ0n) is 14.6. The van der Waals surface area contributed by atoms with E-state index in [0.717, 1.165) is 10.4 Å². The van der Waals surface area contributed by atoms with Crippen molar-refractivity contribution in [1.29, 1.82) is 0 Å². The van der Waals surface area contributed by atoms with Crippen LogP contribution in [0.2, 0.25) is 0 Å². The van der Waals surface area contributed by atoms with Gasteiger partial charge in [0.2, 0.25) is 15.9 Å². The zero-order valence-corrected chi connectivity index (χ0v) is 15.4. The first-order valence-electron chi connectivity index (χ1n) is 8.37. The van der Waals surface area contributed by atoms with Gasteiger partial charge in [-0.25, -0.2) is 8.42 Å². The molecule has 1 amide bonds. The Morgan fingerprint density at radius 1 is 1.41 bits per heavy atom. The second-order valence-corrected chi connectivity index (χ2v) is 8.17. The molecule has 0 saturated carbocycles. The van der Waals surface area contributed by atoms with Gasteiger partial charge in [0, 0.05) is 18.2 Å². The van der Waals surface area contributed by atoms with Crippen LogP contribution in [0.3, 0.4) is 0 Å². The van der Waals surface area contributed by atoms with Crippen LogP contribution in [0.5, 0.6) is 0 Å². The highest BCUT2D eigenvalue weighted by molar-refractivity contribution is 7.89. The van der Waals surface area contributed by atoms with Crippen molar-refractivity contribution in [1.82, 2.24) is 9.62 Å². The average Bonchev–Trinajstić information content (AvgIpc) is 3.31. The average molecular weight is 393 g/mol. The molecule has 1 saturated heterocycles. The number of nitro benzene ring substituents is 1. The lowest BCUT2D eigenvalue weighted by Crippen LogP contribution is -2.45. The number of hydrogen-bond donors (Lipinski definition) is 1. The molecule has 3 rings (SSSR count). The van der Waals surface area contributed by atoms with Crippen molar-refractivity contribution in [3.05, 3.63) is 58.0 Å². The van der Waals surface area contributed by atoms with Gasteiger partial charge in [0.05, 0.1) is 22.6 Å². The summed E-state index contributed by atoms with van der Waals surface area (Å²) in [6, 6.07) is 6.31. The van der Waals surface area contributed by atoms with E-state index < -0.39 is 26.9 Å². The summed E-state index contributed by atoms with van der Waals surface area (Å²) in [6.45, 7) is 1.88. The number of aryl methyl sites for hydroxylation is 1. The van der Waals surface area contributed by atoms with Crippen LogP contribution in [0.25, 0.3) is 0 Å². The molecular weight excluding hydrogens is 374 g/mol. The Hall–Kier alpha value is -2.72. The Morgan fingerprint density at radius 3 is 2.85 bits per heavy atom. The fraction of sp³-hybridized carbons (Fsp3) is 0.353. The summed E-state index contributed by atoms with van der Waals surface area (Å²) in [5.74, 6) is 0.138. The van der Waals surface area contributed by atoms with Crippen LogP contribution in [-0.4, -0.2) is 36.1 Å². The van der Waals surface area contributed by atoms with Crippen molar-refractivity contribution < 1.29 is 22.6 Å². The number of amides is 1. The Balaban J connectivity index is 1.81. The van der Waals surface area contributed by atoms with E-state index >= 15 is 0 Å². The lowest BCUT2D eigenvalue weighted by atomic mass is 10.2. The van der Waals surface area contributed by atoms with E-state index in [-0.39, 0.29) is 23.7 Å². The molecule has 1 N–H and O–H groups in total. The fourth-order valence-electron chi connectivity index (χ4n) is 3.08. The molecule has 1 aromatic heterocycles. The van der Waals surface area contributed by atoms with Crippen molar-refractivity contribution in [2.24, 2.45) is 0 Å². The molecular formula is C17H19N3O6S. The normalized spacial score (nSPS) is 17.7. The Kier molecular flexibility index (Phi) is 5.29. The van der Waals surface area contributed by atoms with Crippen LogP contribution in [0.4, 0.5) is 5.69 Å². The highest BCUT2D eigenvalue weighted by Gasteiger charge is 2.39. The third-order valence-electron chi connectivity index (χ3n) is 4.51. The predicted octanol–water partition coefficient (Wildman–Crippen LogP) is 1.97. The number of nitro groups is 1. The lowest BCUT2D eigenvalue weighted by Gasteiger charge is -2.23. The maximum Gasteiger partial charge on any atom is 0.273 e. The first-order valence-corrected chi connectivity index (χ1v) is 9.81. The molecule has 0 radical (unpaired) electrons. The molecule has 1 aromatic carbocycles. The SMILES string of the molecule is Cc1ccc(S(=O)(=O)N2CCCC2C(=O)NCc2ccco2)cc1[N+](=O)[O-]. The maximum atomic E-state index is 13.0. The lowest BCUT2D eigenvalue weighted by molar-refractivity contribution is -0.385. The highest BCUT2D eigenvalue weighted by atomic mass is 32.2. The number of benzene rings is 1. The van der Waals surface area contributed by atoms with Crippen LogP contribution in [0.1, 0.15) is 24.2 Å². The topological polar surface area (TPSA) is 123 Å². The van der Waals surface area contributed by atoms with Crippen molar-refractivity contribution in [2.45, 2.75) is 37.2 Å². The number of rotatable bonds is 6. The van der Waals surface area contributed by atoms with Gasteiger partial charge in [-0.3, -0.25) is 14.9 Å².